The molecule has 0 saturated heterocycles. The number of amides is 1. The van der Waals surface area contributed by atoms with E-state index < -0.39 is 0 Å². The van der Waals surface area contributed by atoms with Gasteiger partial charge in [0.05, 0.1) is 6.21 Å². The van der Waals surface area contributed by atoms with E-state index in [0.717, 1.165) is 15.6 Å². The Morgan fingerprint density at radius 3 is 2.62 bits per heavy atom. The second-order valence-electron chi connectivity index (χ2n) is 4.51. The molecule has 0 bridgehead atoms. The van der Waals surface area contributed by atoms with Crippen LogP contribution in [-0.4, -0.2) is 12.1 Å². The van der Waals surface area contributed by atoms with Crippen molar-refractivity contribution in [2.75, 3.05) is 0 Å². The molecule has 0 radical (unpaired) electrons. The highest BCUT2D eigenvalue weighted by molar-refractivity contribution is 9.10. The lowest BCUT2D eigenvalue weighted by atomic mass is 10.1. The maximum Gasteiger partial charge on any atom is 0.271 e. The minimum Gasteiger partial charge on any atom is -0.267 e. The summed E-state index contributed by atoms with van der Waals surface area (Å²) in [6.45, 7) is 1.93. The van der Waals surface area contributed by atoms with Gasteiger partial charge in [0.15, 0.2) is 0 Å². The van der Waals surface area contributed by atoms with Gasteiger partial charge < -0.3 is 0 Å². The zero-order valence-electron chi connectivity index (χ0n) is 11.6. The summed E-state index contributed by atoms with van der Waals surface area (Å²) in [5, 5.41) is 3.97. The summed E-state index contributed by atoms with van der Waals surface area (Å²) in [5.41, 5.74) is 5.12. The number of allylic oxidation sites excluding steroid dienone is 1. The fourth-order valence-corrected chi connectivity index (χ4v) is 2.14. The first-order chi connectivity index (χ1) is 10.1. The number of halogens is 1. The van der Waals surface area contributed by atoms with Crippen LogP contribution in [0.3, 0.4) is 0 Å². The van der Waals surface area contributed by atoms with Gasteiger partial charge in [0, 0.05) is 10.0 Å². The van der Waals surface area contributed by atoms with Crippen molar-refractivity contribution in [3.63, 3.8) is 0 Å². The SMILES string of the molecule is CC(/C=N\NC(=O)c1cccc(Br)c1)=C\c1ccccc1. The lowest BCUT2D eigenvalue weighted by molar-refractivity contribution is 0.0955. The number of carbonyl (C=O) groups is 1. The molecule has 1 amide bonds. The van der Waals surface area contributed by atoms with Gasteiger partial charge in [-0.3, -0.25) is 4.79 Å². The molecule has 1 N–H and O–H groups in total. The van der Waals surface area contributed by atoms with E-state index in [1.54, 1.807) is 18.3 Å². The van der Waals surface area contributed by atoms with Crippen LogP contribution >= 0.6 is 15.9 Å². The van der Waals surface area contributed by atoms with Gasteiger partial charge in [-0.2, -0.15) is 5.10 Å². The van der Waals surface area contributed by atoms with Gasteiger partial charge in [-0.05, 0) is 36.3 Å². The molecule has 0 aliphatic rings. The minimum atomic E-state index is -0.236. The summed E-state index contributed by atoms with van der Waals surface area (Å²) < 4.78 is 0.860. The highest BCUT2D eigenvalue weighted by atomic mass is 79.9. The molecule has 2 rings (SSSR count). The van der Waals surface area contributed by atoms with Crippen LogP contribution in [0.1, 0.15) is 22.8 Å². The van der Waals surface area contributed by atoms with Crippen LogP contribution in [0.15, 0.2) is 69.7 Å². The Morgan fingerprint density at radius 2 is 1.90 bits per heavy atom. The topological polar surface area (TPSA) is 41.5 Å². The Morgan fingerprint density at radius 1 is 1.14 bits per heavy atom. The molecule has 0 unspecified atom stereocenters. The Bertz CT molecular complexity index is 678. The van der Waals surface area contributed by atoms with Crippen molar-refractivity contribution in [2.45, 2.75) is 6.92 Å². The Hall–Kier alpha value is -2.20. The summed E-state index contributed by atoms with van der Waals surface area (Å²) >= 11 is 3.33. The average molecular weight is 343 g/mol. The summed E-state index contributed by atoms with van der Waals surface area (Å²) in [4.78, 5) is 11.9. The minimum absolute atomic E-state index is 0.236. The van der Waals surface area contributed by atoms with E-state index in [2.05, 4.69) is 26.5 Å². The van der Waals surface area contributed by atoms with Crippen LogP contribution in [0.25, 0.3) is 6.08 Å². The molecule has 2 aromatic rings. The molecule has 0 heterocycles. The van der Waals surface area contributed by atoms with Crippen LogP contribution in [0.5, 0.6) is 0 Å². The third kappa shape index (κ3) is 5.00. The molecule has 2 aromatic carbocycles. The number of carbonyl (C=O) groups excluding carboxylic acids is 1. The first kappa shape index (κ1) is 15.2. The molecule has 0 saturated carbocycles. The normalized spacial score (nSPS) is 11.6. The van der Waals surface area contributed by atoms with E-state index in [4.69, 9.17) is 0 Å². The summed E-state index contributed by atoms with van der Waals surface area (Å²) in [6, 6.07) is 17.1. The van der Waals surface area contributed by atoms with Crippen LogP contribution in [-0.2, 0) is 0 Å². The number of nitrogens with one attached hydrogen (secondary N) is 1. The van der Waals surface area contributed by atoms with E-state index in [1.807, 2.05) is 55.5 Å². The molecule has 0 atom stereocenters. The highest BCUT2D eigenvalue weighted by Gasteiger charge is 2.03. The zero-order valence-corrected chi connectivity index (χ0v) is 13.2. The first-order valence-electron chi connectivity index (χ1n) is 6.47. The van der Waals surface area contributed by atoms with E-state index in [-0.39, 0.29) is 5.91 Å². The molecule has 0 aromatic heterocycles. The number of rotatable bonds is 4. The van der Waals surface area contributed by atoms with Crippen LogP contribution in [0.4, 0.5) is 0 Å². The number of hydrogen-bond acceptors (Lipinski definition) is 2. The molecule has 0 spiro atoms. The molecule has 0 aliphatic carbocycles. The average Bonchev–Trinajstić information content (AvgIpc) is 2.48. The summed E-state index contributed by atoms with van der Waals surface area (Å²) in [5.74, 6) is -0.236. The van der Waals surface area contributed by atoms with Gasteiger partial charge in [0.2, 0.25) is 0 Å². The van der Waals surface area contributed by atoms with Crippen molar-refractivity contribution < 1.29 is 4.79 Å². The first-order valence-corrected chi connectivity index (χ1v) is 7.27. The predicted molar refractivity (Wildman–Crippen MR) is 90.2 cm³/mol. The number of hydrogen-bond donors (Lipinski definition) is 1. The monoisotopic (exact) mass is 342 g/mol. The number of hydrazone groups is 1. The predicted octanol–water partition coefficient (Wildman–Crippen LogP) is 4.27. The summed E-state index contributed by atoms with van der Waals surface area (Å²) in [7, 11) is 0. The van der Waals surface area contributed by atoms with Crippen molar-refractivity contribution in [1.82, 2.24) is 5.43 Å². The number of nitrogens with zero attached hydrogens (tertiary/aromatic N) is 1. The molecule has 21 heavy (non-hydrogen) atoms. The van der Waals surface area contributed by atoms with Crippen LogP contribution < -0.4 is 5.43 Å². The van der Waals surface area contributed by atoms with Gasteiger partial charge in [0.25, 0.3) is 5.91 Å². The Labute approximate surface area is 132 Å². The van der Waals surface area contributed by atoms with Crippen LogP contribution in [0, 0.1) is 0 Å². The van der Waals surface area contributed by atoms with E-state index in [9.17, 15) is 4.79 Å². The van der Waals surface area contributed by atoms with Crippen LogP contribution in [0.2, 0.25) is 0 Å². The smallest absolute Gasteiger partial charge is 0.267 e. The van der Waals surface area contributed by atoms with Crippen molar-refractivity contribution in [3.8, 4) is 0 Å². The van der Waals surface area contributed by atoms with E-state index in [0.29, 0.717) is 5.56 Å². The molecular formula is C17H15BrN2O. The number of benzene rings is 2. The standard InChI is InChI=1S/C17H15BrN2O/c1-13(10-14-6-3-2-4-7-14)12-19-20-17(21)15-8-5-9-16(18)11-15/h2-12H,1H3,(H,20,21)/b13-10+,19-12-. The Kier molecular flexibility index (Phi) is 5.46. The van der Waals surface area contributed by atoms with Crippen molar-refractivity contribution in [3.05, 3.63) is 75.8 Å². The van der Waals surface area contributed by atoms with Gasteiger partial charge in [0.1, 0.15) is 0 Å². The zero-order chi connectivity index (χ0) is 15.1. The second kappa shape index (κ2) is 7.55. The lowest BCUT2D eigenvalue weighted by Crippen LogP contribution is -2.17. The maximum absolute atomic E-state index is 11.9. The molecule has 106 valence electrons. The van der Waals surface area contributed by atoms with E-state index >= 15 is 0 Å². The molecule has 4 heteroatoms. The third-order valence-corrected chi connectivity index (χ3v) is 3.21. The van der Waals surface area contributed by atoms with Gasteiger partial charge in [-0.1, -0.05) is 58.4 Å². The summed E-state index contributed by atoms with van der Waals surface area (Å²) in [6.07, 6.45) is 3.62. The maximum atomic E-state index is 11.9. The quantitative estimate of drug-likeness (QED) is 0.654. The van der Waals surface area contributed by atoms with Gasteiger partial charge in [-0.15, -0.1) is 0 Å². The fraction of sp³-hybridized carbons (Fsp3) is 0.0588. The molecule has 3 nitrogen and oxygen atoms in total. The van der Waals surface area contributed by atoms with Gasteiger partial charge in [-0.25, -0.2) is 5.43 Å². The molecule has 0 aliphatic heterocycles. The van der Waals surface area contributed by atoms with Gasteiger partial charge >= 0.3 is 0 Å². The van der Waals surface area contributed by atoms with Crippen molar-refractivity contribution >= 4 is 34.1 Å². The highest BCUT2D eigenvalue weighted by Crippen LogP contribution is 2.11. The molecule has 0 fully saturated rings. The lowest BCUT2D eigenvalue weighted by Gasteiger charge is -2.00. The van der Waals surface area contributed by atoms with Crippen molar-refractivity contribution in [1.29, 1.82) is 0 Å². The molecular weight excluding hydrogens is 328 g/mol. The van der Waals surface area contributed by atoms with Crippen molar-refractivity contribution in [2.24, 2.45) is 5.10 Å². The van der Waals surface area contributed by atoms with E-state index in [1.165, 1.54) is 0 Å². The Balaban J connectivity index is 1.96. The fourth-order valence-electron chi connectivity index (χ4n) is 1.74. The third-order valence-electron chi connectivity index (χ3n) is 2.71. The second-order valence-corrected chi connectivity index (χ2v) is 5.42. The largest absolute Gasteiger partial charge is 0.271 e.